The summed E-state index contributed by atoms with van der Waals surface area (Å²) in [5.74, 6) is 0. The molecule has 4 nitrogen and oxygen atoms in total. The van der Waals surface area contributed by atoms with Crippen molar-refractivity contribution in [1.29, 1.82) is 0 Å². The smallest absolute Gasteiger partial charge is 0.390 e. The molecule has 1 rings (SSSR count). The van der Waals surface area contributed by atoms with Crippen LogP contribution in [0.15, 0.2) is 23.1 Å². The molecular formula is C11H15F3N2O2S. The minimum Gasteiger partial charge on any atom is -0.399 e. The average Bonchev–Trinajstić information content (AvgIpc) is 2.11. The summed E-state index contributed by atoms with van der Waals surface area (Å²) in [7, 11) is -4.01. The summed E-state index contributed by atoms with van der Waals surface area (Å²) in [5.41, 5.74) is 6.37. The maximum Gasteiger partial charge on any atom is 0.390 e. The zero-order chi connectivity index (χ0) is 14.8. The molecule has 0 aromatic heterocycles. The Morgan fingerprint density at radius 3 is 2.37 bits per heavy atom. The number of nitrogens with two attached hydrogens (primary N) is 1. The number of sulfonamides is 1. The third-order valence-electron chi connectivity index (χ3n) is 2.28. The van der Waals surface area contributed by atoms with Crippen molar-refractivity contribution in [1.82, 2.24) is 4.72 Å². The van der Waals surface area contributed by atoms with E-state index >= 15 is 0 Å². The summed E-state index contributed by atoms with van der Waals surface area (Å²) >= 11 is 0. The van der Waals surface area contributed by atoms with Gasteiger partial charge in [-0.2, -0.15) is 13.2 Å². The van der Waals surface area contributed by atoms with Crippen LogP contribution in [-0.4, -0.2) is 20.6 Å². The van der Waals surface area contributed by atoms with Crippen molar-refractivity contribution >= 4 is 15.7 Å². The molecule has 0 aliphatic rings. The lowest BCUT2D eigenvalue weighted by atomic mass is 10.2. The van der Waals surface area contributed by atoms with Gasteiger partial charge in [0, 0.05) is 11.7 Å². The Morgan fingerprint density at radius 2 is 1.89 bits per heavy atom. The summed E-state index contributed by atoms with van der Waals surface area (Å²) < 4.78 is 62.2. The van der Waals surface area contributed by atoms with E-state index in [0.717, 1.165) is 6.92 Å². The van der Waals surface area contributed by atoms with Crippen LogP contribution in [0.25, 0.3) is 0 Å². The number of hydrogen-bond donors (Lipinski definition) is 2. The second kappa shape index (κ2) is 5.38. The van der Waals surface area contributed by atoms with Crippen LogP contribution in [0, 0.1) is 6.92 Å². The van der Waals surface area contributed by atoms with E-state index in [2.05, 4.69) is 0 Å². The minimum absolute atomic E-state index is 0.140. The van der Waals surface area contributed by atoms with Crippen molar-refractivity contribution in [2.75, 3.05) is 5.73 Å². The second-order valence-electron chi connectivity index (χ2n) is 4.42. The number of alkyl halides is 3. The van der Waals surface area contributed by atoms with Gasteiger partial charge in [0.2, 0.25) is 10.0 Å². The molecule has 8 heteroatoms. The third-order valence-corrected chi connectivity index (χ3v) is 3.85. The van der Waals surface area contributed by atoms with Gasteiger partial charge in [-0.25, -0.2) is 13.1 Å². The van der Waals surface area contributed by atoms with E-state index < -0.39 is 28.7 Å². The zero-order valence-corrected chi connectivity index (χ0v) is 11.3. The number of anilines is 1. The first-order valence-electron chi connectivity index (χ1n) is 5.46. The van der Waals surface area contributed by atoms with Gasteiger partial charge in [0.05, 0.1) is 11.3 Å². The van der Waals surface area contributed by atoms with Crippen molar-refractivity contribution < 1.29 is 21.6 Å². The summed E-state index contributed by atoms with van der Waals surface area (Å²) in [4.78, 5) is -0.140. The Bertz CT molecular complexity index is 535. The third kappa shape index (κ3) is 5.07. The van der Waals surface area contributed by atoms with Crippen molar-refractivity contribution in [3.63, 3.8) is 0 Å². The number of benzene rings is 1. The summed E-state index contributed by atoms with van der Waals surface area (Å²) in [6.45, 7) is 2.80. The topological polar surface area (TPSA) is 72.2 Å². The molecule has 0 radical (unpaired) electrons. The minimum atomic E-state index is -4.42. The molecule has 0 bridgehead atoms. The molecular weight excluding hydrogens is 281 g/mol. The van der Waals surface area contributed by atoms with E-state index in [-0.39, 0.29) is 10.6 Å². The molecule has 1 aromatic rings. The van der Waals surface area contributed by atoms with Crippen LogP contribution in [0.3, 0.4) is 0 Å². The molecule has 19 heavy (non-hydrogen) atoms. The molecule has 3 N–H and O–H groups in total. The molecule has 0 saturated heterocycles. The van der Waals surface area contributed by atoms with Gasteiger partial charge < -0.3 is 5.73 Å². The normalized spacial score (nSPS) is 14.4. The monoisotopic (exact) mass is 296 g/mol. The molecule has 0 aliphatic carbocycles. The highest BCUT2D eigenvalue weighted by molar-refractivity contribution is 7.89. The molecule has 0 aliphatic heterocycles. The quantitative estimate of drug-likeness (QED) is 0.837. The van der Waals surface area contributed by atoms with E-state index in [9.17, 15) is 21.6 Å². The highest BCUT2D eigenvalue weighted by Gasteiger charge is 2.32. The molecule has 0 saturated carbocycles. The first kappa shape index (κ1) is 15.8. The Hall–Kier alpha value is -1.28. The standard InChI is InChI=1S/C11H15F3N2O2S/c1-7-3-9(15)5-10(4-7)19(17,18)16-8(2)6-11(12,13)14/h3-5,8,16H,6,15H2,1-2H3. The van der Waals surface area contributed by atoms with Gasteiger partial charge in [0.1, 0.15) is 0 Å². The van der Waals surface area contributed by atoms with Crippen molar-refractivity contribution in [2.24, 2.45) is 0 Å². The maximum absolute atomic E-state index is 12.2. The summed E-state index contributed by atoms with van der Waals surface area (Å²) in [6.07, 6.45) is -5.65. The van der Waals surface area contributed by atoms with Crippen molar-refractivity contribution in [2.45, 2.75) is 37.4 Å². The molecule has 1 unspecified atom stereocenters. The zero-order valence-electron chi connectivity index (χ0n) is 10.5. The molecule has 1 aromatic carbocycles. The van der Waals surface area contributed by atoms with Crippen LogP contribution in [0.5, 0.6) is 0 Å². The van der Waals surface area contributed by atoms with Gasteiger partial charge >= 0.3 is 6.18 Å². The Morgan fingerprint density at radius 1 is 1.32 bits per heavy atom. The predicted octanol–water partition coefficient (Wildman–Crippen LogP) is 2.20. The van der Waals surface area contributed by atoms with E-state index in [1.807, 2.05) is 4.72 Å². The van der Waals surface area contributed by atoms with Gasteiger partial charge in [0.15, 0.2) is 0 Å². The van der Waals surface area contributed by atoms with Crippen LogP contribution in [0.1, 0.15) is 18.9 Å². The summed E-state index contributed by atoms with van der Waals surface area (Å²) in [6, 6.07) is 2.87. The fraction of sp³-hybridized carbons (Fsp3) is 0.455. The molecule has 0 heterocycles. The molecule has 0 amide bonds. The molecule has 0 fully saturated rings. The average molecular weight is 296 g/mol. The van der Waals surface area contributed by atoms with E-state index in [1.54, 1.807) is 13.0 Å². The van der Waals surface area contributed by atoms with Crippen LogP contribution in [0.4, 0.5) is 18.9 Å². The van der Waals surface area contributed by atoms with Gasteiger partial charge in [-0.05, 0) is 37.6 Å². The van der Waals surface area contributed by atoms with Crippen molar-refractivity contribution in [3.8, 4) is 0 Å². The number of rotatable bonds is 4. The van der Waals surface area contributed by atoms with E-state index in [0.29, 0.717) is 5.56 Å². The molecule has 1 atom stereocenters. The largest absolute Gasteiger partial charge is 0.399 e. The second-order valence-corrected chi connectivity index (χ2v) is 6.14. The Labute approximate surface area is 109 Å². The fourth-order valence-electron chi connectivity index (χ4n) is 1.65. The van der Waals surface area contributed by atoms with Gasteiger partial charge in [-0.1, -0.05) is 0 Å². The first-order valence-corrected chi connectivity index (χ1v) is 6.94. The fourth-order valence-corrected chi connectivity index (χ4v) is 3.03. The lowest BCUT2D eigenvalue weighted by Crippen LogP contribution is -2.36. The predicted molar refractivity (Wildman–Crippen MR) is 66.0 cm³/mol. The van der Waals surface area contributed by atoms with Gasteiger partial charge in [-0.15, -0.1) is 0 Å². The van der Waals surface area contributed by atoms with E-state index in [4.69, 9.17) is 5.73 Å². The summed E-state index contributed by atoms with van der Waals surface area (Å²) in [5, 5.41) is 0. The van der Waals surface area contributed by atoms with Crippen LogP contribution in [0.2, 0.25) is 0 Å². The maximum atomic E-state index is 12.2. The van der Waals surface area contributed by atoms with Crippen LogP contribution < -0.4 is 10.5 Å². The van der Waals surface area contributed by atoms with Crippen LogP contribution in [-0.2, 0) is 10.0 Å². The van der Waals surface area contributed by atoms with E-state index in [1.165, 1.54) is 12.1 Å². The number of nitrogens with one attached hydrogen (secondary N) is 1. The number of aryl methyl sites for hydroxylation is 1. The number of hydrogen-bond acceptors (Lipinski definition) is 3. The Kier molecular flexibility index (Phi) is 4.46. The highest BCUT2D eigenvalue weighted by Crippen LogP contribution is 2.23. The SMILES string of the molecule is Cc1cc(N)cc(S(=O)(=O)NC(C)CC(F)(F)F)c1. The van der Waals surface area contributed by atoms with Crippen molar-refractivity contribution in [3.05, 3.63) is 23.8 Å². The molecule has 0 spiro atoms. The number of halogens is 3. The lowest BCUT2D eigenvalue weighted by molar-refractivity contribution is -0.137. The first-order chi connectivity index (χ1) is 8.49. The lowest BCUT2D eigenvalue weighted by Gasteiger charge is -2.16. The van der Waals surface area contributed by atoms with Gasteiger partial charge in [0.25, 0.3) is 0 Å². The number of nitrogen functional groups attached to an aromatic ring is 1. The molecule has 108 valence electrons. The Balaban J connectivity index is 2.92. The van der Waals surface area contributed by atoms with Crippen LogP contribution >= 0.6 is 0 Å². The van der Waals surface area contributed by atoms with Gasteiger partial charge in [-0.3, -0.25) is 0 Å². The highest BCUT2D eigenvalue weighted by atomic mass is 32.2.